The zero-order valence-corrected chi connectivity index (χ0v) is 7.15. The number of rotatable bonds is 2. The minimum atomic E-state index is -0.729. The van der Waals surface area contributed by atoms with Crippen LogP contribution in [0.25, 0.3) is 0 Å². The van der Waals surface area contributed by atoms with E-state index in [0.717, 1.165) is 0 Å². The number of hydrogen-bond donors (Lipinski definition) is 1. The van der Waals surface area contributed by atoms with Crippen molar-refractivity contribution >= 4 is 11.8 Å². The fourth-order valence-corrected chi connectivity index (χ4v) is 1.08. The second-order valence-corrected chi connectivity index (χ2v) is 2.45. The quantitative estimate of drug-likeness (QED) is 0.504. The van der Waals surface area contributed by atoms with E-state index in [9.17, 15) is 9.59 Å². The van der Waals surface area contributed by atoms with Crippen molar-refractivity contribution in [3.05, 3.63) is 36.0 Å². The molecule has 0 aromatic rings. The molecule has 0 atom stereocenters. The first-order valence-corrected chi connectivity index (χ1v) is 3.70. The summed E-state index contributed by atoms with van der Waals surface area (Å²) in [6.07, 6.45) is 4.34. The summed E-state index contributed by atoms with van der Waals surface area (Å²) in [7, 11) is 0. The second kappa shape index (κ2) is 3.37. The average molecular weight is 179 g/mol. The van der Waals surface area contributed by atoms with Crippen LogP contribution in [0.3, 0.4) is 0 Å². The van der Waals surface area contributed by atoms with Crippen molar-refractivity contribution in [2.24, 2.45) is 0 Å². The van der Waals surface area contributed by atoms with E-state index in [1.165, 1.54) is 12.2 Å². The molecule has 0 spiro atoms. The Morgan fingerprint density at radius 3 is 2.31 bits per heavy atom. The van der Waals surface area contributed by atoms with Gasteiger partial charge in [0.05, 0.1) is 11.1 Å². The molecule has 1 aliphatic heterocycles. The van der Waals surface area contributed by atoms with Crippen LogP contribution >= 0.6 is 0 Å². The van der Waals surface area contributed by atoms with Crippen molar-refractivity contribution < 1.29 is 14.8 Å². The van der Waals surface area contributed by atoms with Gasteiger partial charge in [0.15, 0.2) is 0 Å². The zero-order chi connectivity index (χ0) is 10.0. The highest BCUT2D eigenvalue weighted by Crippen LogP contribution is 2.20. The molecule has 68 valence electrons. The van der Waals surface area contributed by atoms with Gasteiger partial charge in [-0.25, -0.2) is 0 Å². The van der Waals surface area contributed by atoms with E-state index in [4.69, 9.17) is 5.21 Å². The Morgan fingerprint density at radius 1 is 1.31 bits per heavy atom. The molecule has 0 saturated heterocycles. The maximum atomic E-state index is 11.2. The Bertz CT molecular complexity index is 339. The van der Waals surface area contributed by atoms with Crippen LogP contribution in [0, 0.1) is 0 Å². The molecule has 0 unspecified atom stereocenters. The lowest BCUT2D eigenvalue weighted by atomic mass is 10.1. The van der Waals surface area contributed by atoms with Gasteiger partial charge in [-0.2, -0.15) is 0 Å². The lowest BCUT2D eigenvalue weighted by molar-refractivity contribution is -0.169. The zero-order valence-electron chi connectivity index (χ0n) is 7.15. The van der Waals surface area contributed by atoms with Gasteiger partial charge in [-0.3, -0.25) is 14.8 Å². The highest BCUT2D eigenvalue weighted by Gasteiger charge is 2.34. The number of allylic oxidation sites excluding steroid dienone is 1. The van der Waals surface area contributed by atoms with Crippen LogP contribution in [0.4, 0.5) is 0 Å². The molecule has 4 nitrogen and oxygen atoms in total. The van der Waals surface area contributed by atoms with E-state index in [0.29, 0.717) is 0 Å². The Balaban J connectivity index is 3.24. The highest BCUT2D eigenvalue weighted by atomic mass is 16.5. The van der Waals surface area contributed by atoms with E-state index in [-0.39, 0.29) is 16.2 Å². The van der Waals surface area contributed by atoms with Gasteiger partial charge in [0.25, 0.3) is 11.8 Å². The molecule has 1 rings (SSSR count). The van der Waals surface area contributed by atoms with Crippen LogP contribution < -0.4 is 0 Å². The molecule has 0 aliphatic carbocycles. The molecule has 0 bridgehead atoms. The third kappa shape index (κ3) is 1.31. The smallest absolute Gasteiger partial charge is 0.278 e. The summed E-state index contributed by atoms with van der Waals surface area (Å²) >= 11 is 0. The second-order valence-electron chi connectivity index (χ2n) is 2.45. The molecular weight excluding hydrogens is 170 g/mol. The van der Waals surface area contributed by atoms with Gasteiger partial charge in [0.1, 0.15) is 0 Å². The molecule has 13 heavy (non-hydrogen) atoms. The predicted octanol–water partition coefficient (Wildman–Crippen LogP) is 0.803. The van der Waals surface area contributed by atoms with Crippen molar-refractivity contribution in [3.8, 4) is 0 Å². The number of imide groups is 1. The summed E-state index contributed by atoms with van der Waals surface area (Å²) < 4.78 is 0. The first-order chi connectivity index (χ1) is 6.13. The number of carbonyl (C=O) groups excluding carboxylic acids is 2. The summed E-state index contributed by atoms with van der Waals surface area (Å²) in [5, 5.41) is 9.07. The molecule has 0 radical (unpaired) electrons. The monoisotopic (exact) mass is 179 g/mol. The van der Waals surface area contributed by atoms with E-state index in [1.54, 1.807) is 13.0 Å². The largest absolute Gasteiger partial charge is 0.285 e. The molecule has 1 heterocycles. The molecule has 0 aromatic carbocycles. The lowest BCUT2D eigenvalue weighted by Gasteiger charge is -2.01. The fraction of sp³-hybridized carbons (Fsp3) is 0.111. The molecule has 1 N–H and O–H groups in total. The van der Waals surface area contributed by atoms with Gasteiger partial charge in [-0.15, -0.1) is 5.06 Å². The van der Waals surface area contributed by atoms with Crippen LogP contribution in [-0.4, -0.2) is 22.1 Å². The average Bonchev–Trinajstić information content (AvgIpc) is 2.32. The Labute approximate surface area is 75.4 Å². The predicted molar refractivity (Wildman–Crippen MR) is 45.7 cm³/mol. The van der Waals surface area contributed by atoms with E-state index >= 15 is 0 Å². The fourth-order valence-electron chi connectivity index (χ4n) is 1.08. The molecule has 0 fully saturated rings. The molecule has 2 amide bonds. The van der Waals surface area contributed by atoms with Crippen LogP contribution in [0.1, 0.15) is 6.92 Å². The summed E-state index contributed by atoms with van der Waals surface area (Å²) in [5.41, 5.74) is 0.301. The number of nitrogens with zero attached hydrogens (tertiary/aromatic N) is 1. The van der Waals surface area contributed by atoms with Gasteiger partial charge in [-0.05, 0) is 6.92 Å². The van der Waals surface area contributed by atoms with Crippen molar-refractivity contribution in [1.29, 1.82) is 0 Å². The van der Waals surface area contributed by atoms with Gasteiger partial charge in [-0.1, -0.05) is 24.8 Å². The van der Waals surface area contributed by atoms with Crippen molar-refractivity contribution in [3.63, 3.8) is 0 Å². The van der Waals surface area contributed by atoms with Gasteiger partial charge in [0.2, 0.25) is 0 Å². The Hall–Kier alpha value is -1.68. The van der Waals surface area contributed by atoms with Crippen molar-refractivity contribution in [2.45, 2.75) is 6.92 Å². The molecule has 1 aliphatic rings. The lowest BCUT2D eigenvalue weighted by Crippen LogP contribution is -2.27. The topological polar surface area (TPSA) is 57.6 Å². The van der Waals surface area contributed by atoms with Crippen LogP contribution in [0.2, 0.25) is 0 Å². The highest BCUT2D eigenvalue weighted by molar-refractivity contribution is 6.20. The minimum absolute atomic E-state index is 0.0896. The maximum absolute atomic E-state index is 11.2. The van der Waals surface area contributed by atoms with Gasteiger partial charge >= 0.3 is 0 Å². The van der Waals surface area contributed by atoms with E-state index in [1.807, 2.05) is 0 Å². The van der Waals surface area contributed by atoms with Crippen LogP contribution in [0.5, 0.6) is 0 Å². The van der Waals surface area contributed by atoms with E-state index in [2.05, 4.69) is 6.58 Å². The molecule has 0 saturated carbocycles. The van der Waals surface area contributed by atoms with Crippen molar-refractivity contribution in [1.82, 2.24) is 5.06 Å². The number of carbonyl (C=O) groups is 2. The maximum Gasteiger partial charge on any atom is 0.285 e. The van der Waals surface area contributed by atoms with Gasteiger partial charge < -0.3 is 0 Å². The summed E-state index contributed by atoms with van der Waals surface area (Å²) in [4.78, 5) is 22.3. The summed E-state index contributed by atoms with van der Waals surface area (Å²) in [6, 6.07) is 0. The molecule has 4 heteroatoms. The normalized spacial score (nSPS) is 17.8. The number of hydroxylamine groups is 2. The molecule has 0 aromatic heterocycles. The SMILES string of the molecule is C=CC1=C(/C=C\C)C(=O)N(O)C1=O. The third-order valence-electron chi connectivity index (χ3n) is 1.67. The summed E-state index contributed by atoms with van der Waals surface area (Å²) in [6.45, 7) is 5.11. The number of amides is 2. The van der Waals surface area contributed by atoms with Crippen molar-refractivity contribution in [2.75, 3.05) is 0 Å². The van der Waals surface area contributed by atoms with Crippen LogP contribution in [0.15, 0.2) is 36.0 Å². The third-order valence-corrected chi connectivity index (χ3v) is 1.67. The summed E-state index contributed by atoms with van der Waals surface area (Å²) in [5.74, 6) is -1.44. The Kier molecular flexibility index (Phi) is 2.44. The first kappa shape index (κ1) is 9.41. The Morgan fingerprint density at radius 2 is 1.85 bits per heavy atom. The standard InChI is InChI=1S/C9H9NO3/c1-3-5-7-6(4-2)8(11)10(13)9(7)12/h3-5,13H,2H2,1H3/b5-3-. The molecular formula is C9H9NO3. The number of hydrogen-bond acceptors (Lipinski definition) is 3. The minimum Gasteiger partial charge on any atom is -0.278 e. The van der Waals surface area contributed by atoms with Gasteiger partial charge in [0, 0.05) is 0 Å². The van der Waals surface area contributed by atoms with Crippen LogP contribution in [-0.2, 0) is 9.59 Å². The van der Waals surface area contributed by atoms with E-state index < -0.39 is 11.8 Å². The first-order valence-electron chi connectivity index (χ1n) is 3.70.